The first-order valence-corrected chi connectivity index (χ1v) is 11.2. The smallest absolute Gasteiger partial charge is 0.291 e. The summed E-state index contributed by atoms with van der Waals surface area (Å²) in [6.45, 7) is 6.03. The minimum atomic E-state index is -3.62. The van der Waals surface area contributed by atoms with E-state index in [0.717, 1.165) is 0 Å². The molecule has 0 radical (unpaired) electrons. The Morgan fingerprint density at radius 3 is 2.50 bits per heavy atom. The zero-order chi connectivity index (χ0) is 22.1. The van der Waals surface area contributed by atoms with E-state index in [1.165, 1.54) is 17.5 Å². The summed E-state index contributed by atoms with van der Waals surface area (Å²) in [4.78, 5) is 13.0. The maximum absolute atomic E-state index is 12.8. The normalized spacial score (nSPS) is 11.8. The van der Waals surface area contributed by atoms with E-state index in [-0.39, 0.29) is 10.7 Å². The maximum Gasteiger partial charge on any atom is 0.291 e. The summed E-state index contributed by atoms with van der Waals surface area (Å²) in [5, 5.41) is 3.74. The van der Waals surface area contributed by atoms with Crippen molar-refractivity contribution in [3.05, 3.63) is 52.7 Å². The highest BCUT2D eigenvalue weighted by Gasteiger charge is 2.24. The van der Waals surface area contributed by atoms with Gasteiger partial charge in [-0.1, -0.05) is 25.4 Å². The predicted molar refractivity (Wildman–Crippen MR) is 117 cm³/mol. The van der Waals surface area contributed by atoms with Crippen LogP contribution in [0.5, 0.6) is 5.75 Å². The highest BCUT2D eigenvalue weighted by atomic mass is 35.5. The first-order valence-electron chi connectivity index (χ1n) is 9.41. The van der Waals surface area contributed by atoms with Gasteiger partial charge in [0.1, 0.15) is 11.3 Å². The van der Waals surface area contributed by atoms with Crippen LogP contribution in [0.1, 0.15) is 30.0 Å². The monoisotopic (exact) mass is 450 g/mol. The number of anilines is 1. The van der Waals surface area contributed by atoms with Crippen LogP contribution in [-0.4, -0.2) is 38.8 Å². The van der Waals surface area contributed by atoms with Crippen LogP contribution in [0.3, 0.4) is 0 Å². The van der Waals surface area contributed by atoms with Crippen LogP contribution in [0.4, 0.5) is 5.69 Å². The molecule has 0 spiro atoms. The van der Waals surface area contributed by atoms with Gasteiger partial charge < -0.3 is 14.5 Å². The largest absolute Gasteiger partial charge is 0.495 e. The van der Waals surface area contributed by atoms with Crippen molar-refractivity contribution < 1.29 is 22.4 Å². The van der Waals surface area contributed by atoms with Crippen molar-refractivity contribution in [1.29, 1.82) is 0 Å². The summed E-state index contributed by atoms with van der Waals surface area (Å²) in [5.41, 5.74) is 1.37. The van der Waals surface area contributed by atoms with Gasteiger partial charge in [-0.05, 0) is 43.3 Å². The molecule has 0 bridgehead atoms. The Morgan fingerprint density at radius 2 is 1.87 bits per heavy atom. The number of carbonyl (C=O) groups is 1. The highest BCUT2D eigenvalue weighted by molar-refractivity contribution is 7.89. The van der Waals surface area contributed by atoms with Crippen LogP contribution in [0.15, 0.2) is 45.7 Å². The van der Waals surface area contributed by atoms with E-state index in [4.69, 9.17) is 20.8 Å². The Hall–Kier alpha value is -2.55. The number of hydrogen-bond acceptors (Lipinski definition) is 5. The Kier molecular flexibility index (Phi) is 6.40. The summed E-state index contributed by atoms with van der Waals surface area (Å²) in [6, 6.07) is 9.47. The summed E-state index contributed by atoms with van der Waals surface area (Å²) >= 11 is 6.02. The lowest BCUT2D eigenvalue weighted by Crippen LogP contribution is -2.30. The highest BCUT2D eigenvalue weighted by Crippen LogP contribution is 2.31. The summed E-state index contributed by atoms with van der Waals surface area (Å²) in [6.07, 6.45) is 0. The maximum atomic E-state index is 12.8. The zero-order valence-electron chi connectivity index (χ0n) is 17.2. The van der Waals surface area contributed by atoms with Crippen LogP contribution >= 0.6 is 11.6 Å². The van der Waals surface area contributed by atoms with Crippen molar-refractivity contribution in [3.8, 4) is 5.75 Å². The van der Waals surface area contributed by atoms with Gasteiger partial charge in [0, 0.05) is 29.1 Å². The molecule has 1 N–H and O–H groups in total. The van der Waals surface area contributed by atoms with Crippen molar-refractivity contribution in [2.24, 2.45) is 0 Å². The van der Waals surface area contributed by atoms with E-state index in [0.29, 0.717) is 46.1 Å². The molecule has 0 fully saturated rings. The van der Waals surface area contributed by atoms with Crippen molar-refractivity contribution in [3.63, 3.8) is 0 Å². The molecule has 0 aliphatic carbocycles. The molecule has 0 unspecified atom stereocenters. The number of nitrogens with zero attached hydrogens (tertiary/aromatic N) is 1. The zero-order valence-corrected chi connectivity index (χ0v) is 18.7. The van der Waals surface area contributed by atoms with Gasteiger partial charge in [-0.2, -0.15) is 4.31 Å². The quantitative estimate of drug-likeness (QED) is 0.564. The molecular formula is C21H23ClN2O5S. The fourth-order valence-electron chi connectivity index (χ4n) is 3.25. The molecule has 0 saturated heterocycles. The van der Waals surface area contributed by atoms with E-state index < -0.39 is 15.9 Å². The number of ether oxygens (including phenoxy) is 1. The number of furan rings is 1. The van der Waals surface area contributed by atoms with Crippen LogP contribution in [-0.2, 0) is 10.0 Å². The van der Waals surface area contributed by atoms with Crippen LogP contribution in [0, 0.1) is 6.92 Å². The average molecular weight is 451 g/mol. The topological polar surface area (TPSA) is 88.9 Å². The van der Waals surface area contributed by atoms with Gasteiger partial charge in [-0.15, -0.1) is 0 Å². The Morgan fingerprint density at radius 1 is 1.17 bits per heavy atom. The number of halogens is 1. The Balaban J connectivity index is 2.00. The number of carbonyl (C=O) groups excluding carboxylic acids is 1. The number of aryl methyl sites for hydroxylation is 1. The van der Waals surface area contributed by atoms with E-state index in [2.05, 4.69) is 5.32 Å². The molecule has 160 valence electrons. The predicted octanol–water partition coefficient (Wildman–Crippen LogP) is 4.69. The van der Waals surface area contributed by atoms with Gasteiger partial charge in [-0.3, -0.25) is 4.79 Å². The number of methoxy groups -OCH3 is 1. The number of sulfonamides is 1. The number of amides is 1. The van der Waals surface area contributed by atoms with E-state index in [1.54, 1.807) is 51.1 Å². The molecule has 3 aromatic rings. The molecule has 1 aromatic heterocycles. The third-order valence-corrected chi connectivity index (χ3v) is 7.15. The molecule has 1 heterocycles. The molecule has 0 aliphatic heterocycles. The summed E-state index contributed by atoms with van der Waals surface area (Å²) in [7, 11) is -2.13. The minimum absolute atomic E-state index is 0.0874. The van der Waals surface area contributed by atoms with Crippen molar-refractivity contribution in [1.82, 2.24) is 4.31 Å². The lowest BCUT2D eigenvalue weighted by molar-refractivity contribution is 0.0997. The van der Waals surface area contributed by atoms with Crippen molar-refractivity contribution >= 4 is 44.2 Å². The molecule has 3 rings (SSSR count). The second kappa shape index (κ2) is 8.67. The van der Waals surface area contributed by atoms with Crippen LogP contribution in [0.2, 0.25) is 5.02 Å². The van der Waals surface area contributed by atoms with Gasteiger partial charge in [0.25, 0.3) is 5.91 Å². The molecule has 9 heteroatoms. The SMILES string of the molecule is CCN(CC)S(=O)(=O)c1ccc2oc(C(=O)Nc3cc(Cl)ccc3OC)c(C)c2c1. The Labute approximate surface area is 180 Å². The third-order valence-electron chi connectivity index (χ3n) is 4.87. The van der Waals surface area contributed by atoms with E-state index in [9.17, 15) is 13.2 Å². The van der Waals surface area contributed by atoms with Gasteiger partial charge in [-0.25, -0.2) is 8.42 Å². The molecule has 0 saturated carbocycles. The second-order valence-electron chi connectivity index (χ2n) is 6.60. The van der Waals surface area contributed by atoms with Crippen molar-refractivity contribution in [2.45, 2.75) is 25.7 Å². The number of fused-ring (bicyclic) bond motifs is 1. The number of benzene rings is 2. The lowest BCUT2D eigenvalue weighted by Gasteiger charge is -2.18. The lowest BCUT2D eigenvalue weighted by atomic mass is 10.1. The van der Waals surface area contributed by atoms with Gasteiger partial charge in [0.05, 0.1) is 17.7 Å². The number of rotatable bonds is 7. The van der Waals surface area contributed by atoms with Gasteiger partial charge in [0.15, 0.2) is 5.76 Å². The molecule has 0 aliphatic rings. The van der Waals surface area contributed by atoms with Gasteiger partial charge in [0.2, 0.25) is 10.0 Å². The van der Waals surface area contributed by atoms with E-state index in [1.807, 2.05) is 0 Å². The van der Waals surface area contributed by atoms with Crippen molar-refractivity contribution in [2.75, 3.05) is 25.5 Å². The van der Waals surface area contributed by atoms with Crippen LogP contribution < -0.4 is 10.1 Å². The average Bonchev–Trinajstić information content (AvgIpc) is 3.05. The molecule has 0 atom stereocenters. The molecule has 30 heavy (non-hydrogen) atoms. The summed E-state index contributed by atoms with van der Waals surface area (Å²) in [5.74, 6) is 0.0518. The standard InChI is InChI=1S/C21H23ClN2O5S/c1-5-24(6-2)30(26,27)15-8-10-18-16(12-15)13(3)20(29-18)21(25)23-17-11-14(22)7-9-19(17)28-4/h7-12H,5-6H2,1-4H3,(H,23,25). The first kappa shape index (κ1) is 22.1. The number of nitrogens with one attached hydrogen (secondary N) is 1. The molecular weight excluding hydrogens is 428 g/mol. The fourth-order valence-corrected chi connectivity index (χ4v) is 4.90. The van der Waals surface area contributed by atoms with Gasteiger partial charge >= 0.3 is 0 Å². The second-order valence-corrected chi connectivity index (χ2v) is 8.98. The Bertz CT molecular complexity index is 1200. The first-order chi connectivity index (χ1) is 14.2. The van der Waals surface area contributed by atoms with Crippen LogP contribution in [0.25, 0.3) is 11.0 Å². The third kappa shape index (κ3) is 4.03. The summed E-state index contributed by atoms with van der Waals surface area (Å²) < 4.78 is 38.0. The number of hydrogen-bond donors (Lipinski definition) is 1. The molecule has 7 nitrogen and oxygen atoms in total. The molecule has 2 aromatic carbocycles. The molecule has 1 amide bonds. The van der Waals surface area contributed by atoms with E-state index >= 15 is 0 Å². The fraction of sp³-hybridized carbons (Fsp3) is 0.286. The minimum Gasteiger partial charge on any atom is -0.495 e.